The number of alkyl halides is 1. The van der Waals surface area contributed by atoms with Gasteiger partial charge in [0.2, 0.25) is 0 Å². The van der Waals surface area contributed by atoms with Gasteiger partial charge in [0.25, 0.3) is 0 Å². The van der Waals surface area contributed by atoms with Crippen molar-refractivity contribution in [3.8, 4) is 0 Å². The summed E-state index contributed by atoms with van der Waals surface area (Å²) in [6.45, 7) is 3.81. The second kappa shape index (κ2) is 3.46. The third-order valence-corrected chi connectivity index (χ3v) is 1.78. The van der Waals surface area contributed by atoms with Crippen molar-refractivity contribution in [2.45, 2.75) is 0 Å². The van der Waals surface area contributed by atoms with E-state index in [4.69, 9.17) is 0 Å². The molecule has 0 aliphatic heterocycles. The molecule has 0 aromatic carbocycles. The van der Waals surface area contributed by atoms with Crippen LogP contribution in [0.25, 0.3) is 5.57 Å². The van der Waals surface area contributed by atoms with Gasteiger partial charge in [-0.3, -0.25) is 0 Å². The third kappa shape index (κ3) is 1.64. The number of allylic oxidation sites excluding steroid dienone is 1. The molecular weight excluding hydrogens is 192 g/mol. The van der Waals surface area contributed by atoms with Crippen molar-refractivity contribution in [3.05, 3.63) is 30.9 Å². The van der Waals surface area contributed by atoms with Crippen molar-refractivity contribution in [1.29, 1.82) is 0 Å². The first-order valence-corrected chi connectivity index (χ1v) is 3.97. The molecule has 0 aliphatic rings. The fourth-order valence-electron chi connectivity index (χ4n) is 0.568. The summed E-state index contributed by atoms with van der Waals surface area (Å²) in [5.74, 6) is 0. The Kier molecular flexibility index (Phi) is 2.57. The molecule has 52 valence electrons. The monoisotopic (exact) mass is 198 g/mol. The highest BCUT2D eigenvalue weighted by Crippen LogP contribution is 2.09. The van der Waals surface area contributed by atoms with Crippen LogP contribution in [0, 0.1) is 0 Å². The van der Waals surface area contributed by atoms with E-state index in [1.165, 1.54) is 6.33 Å². The number of rotatable bonds is 2. The number of nitrogens with zero attached hydrogens (tertiary/aromatic N) is 2. The Morgan fingerprint density at radius 1 is 1.70 bits per heavy atom. The van der Waals surface area contributed by atoms with Gasteiger partial charge in [0, 0.05) is 11.5 Å². The summed E-state index contributed by atoms with van der Waals surface area (Å²) in [5.41, 5.74) is 1.87. The van der Waals surface area contributed by atoms with Gasteiger partial charge in [-0.25, -0.2) is 9.97 Å². The molecule has 0 unspecified atom stereocenters. The Morgan fingerprint density at radius 2 is 2.50 bits per heavy atom. The lowest BCUT2D eigenvalue weighted by Crippen LogP contribution is -1.87. The molecule has 3 heteroatoms. The average molecular weight is 199 g/mol. The first-order chi connectivity index (χ1) is 4.84. The van der Waals surface area contributed by atoms with Crippen LogP contribution in [0.3, 0.4) is 0 Å². The first kappa shape index (κ1) is 7.41. The lowest BCUT2D eigenvalue weighted by molar-refractivity contribution is 1.14. The normalized spacial score (nSPS) is 9.30. The van der Waals surface area contributed by atoms with E-state index in [1.54, 1.807) is 6.20 Å². The quantitative estimate of drug-likeness (QED) is 0.679. The number of halogens is 1. The van der Waals surface area contributed by atoms with Crippen LogP contribution >= 0.6 is 15.9 Å². The van der Waals surface area contributed by atoms with E-state index in [0.717, 1.165) is 16.6 Å². The number of hydrogen-bond acceptors (Lipinski definition) is 2. The fourth-order valence-corrected chi connectivity index (χ4v) is 0.856. The van der Waals surface area contributed by atoms with Crippen molar-refractivity contribution in [2.24, 2.45) is 0 Å². The van der Waals surface area contributed by atoms with Gasteiger partial charge in [-0.15, -0.1) is 0 Å². The number of aromatic nitrogens is 2. The molecule has 10 heavy (non-hydrogen) atoms. The smallest absolute Gasteiger partial charge is 0.116 e. The molecule has 1 aromatic heterocycles. The summed E-state index contributed by atoms with van der Waals surface area (Å²) < 4.78 is 0. The standard InChI is InChI=1S/C7H7BrN2/c1-6(4-8)7-2-3-9-5-10-7/h2-3,5H,1,4H2. The molecular formula is C7H7BrN2. The molecule has 1 rings (SSSR count). The van der Waals surface area contributed by atoms with E-state index in [2.05, 4.69) is 32.5 Å². The van der Waals surface area contributed by atoms with Crippen molar-refractivity contribution in [1.82, 2.24) is 9.97 Å². The Hall–Kier alpha value is -0.700. The van der Waals surface area contributed by atoms with Gasteiger partial charge < -0.3 is 0 Å². The maximum absolute atomic E-state index is 4.01. The largest absolute Gasteiger partial charge is 0.245 e. The lowest BCUT2D eigenvalue weighted by Gasteiger charge is -1.96. The van der Waals surface area contributed by atoms with Gasteiger partial charge in [0.05, 0.1) is 5.69 Å². The van der Waals surface area contributed by atoms with Crippen LogP contribution < -0.4 is 0 Å². The van der Waals surface area contributed by atoms with Crippen LogP contribution in [0.4, 0.5) is 0 Å². The highest BCUT2D eigenvalue weighted by Gasteiger charge is 1.94. The van der Waals surface area contributed by atoms with E-state index in [9.17, 15) is 0 Å². The molecule has 0 radical (unpaired) electrons. The summed E-state index contributed by atoms with van der Waals surface area (Å²) in [6.07, 6.45) is 3.22. The van der Waals surface area contributed by atoms with Gasteiger partial charge in [0.15, 0.2) is 0 Å². The summed E-state index contributed by atoms with van der Waals surface area (Å²) in [6, 6.07) is 1.84. The molecule has 0 amide bonds. The fraction of sp³-hybridized carbons (Fsp3) is 0.143. The van der Waals surface area contributed by atoms with Crippen LogP contribution in [0.5, 0.6) is 0 Å². The molecule has 2 nitrogen and oxygen atoms in total. The van der Waals surface area contributed by atoms with Gasteiger partial charge in [-0.1, -0.05) is 22.5 Å². The maximum Gasteiger partial charge on any atom is 0.116 e. The minimum absolute atomic E-state index is 0.754. The Bertz CT molecular complexity index is 220. The number of hydrogen-bond donors (Lipinski definition) is 0. The summed E-state index contributed by atoms with van der Waals surface area (Å²) in [7, 11) is 0. The SMILES string of the molecule is C=C(CBr)c1ccncn1. The van der Waals surface area contributed by atoms with Crippen molar-refractivity contribution < 1.29 is 0 Å². The van der Waals surface area contributed by atoms with Crippen LogP contribution in [-0.2, 0) is 0 Å². The van der Waals surface area contributed by atoms with Gasteiger partial charge in [-0.05, 0) is 11.6 Å². The van der Waals surface area contributed by atoms with Gasteiger partial charge >= 0.3 is 0 Å². The molecule has 0 N–H and O–H groups in total. The van der Waals surface area contributed by atoms with E-state index in [-0.39, 0.29) is 0 Å². The van der Waals surface area contributed by atoms with Crippen LogP contribution in [0.1, 0.15) is 5.69 Å². The molecule has 0 atom stereocenters. The molecule has 0 fully saturated rings. The summed E-state index contributed by atoms with van der Waals surface area (Å²) in [5, 5.41) is 0.754. The second-order valence-electron chi connectivity index (χ2n) is 1.83. The van der Waals surface area contributed by atoms with E-state index in [0.29, 0.717) is 0 Å². The first-order valence-electron chi connectivity index (χ1n) is 2.84. The zero-order valence-electron chi connectivity index (χ0n) is 5.42. The van der Waals surface area contributed by atoms with Crippen LogP contribution in [0.15, 0.2) is 25.2 Å². The molecule has 0 spiro atoms. The van der Waals surface area contributed by atoms with E-state index in [1.807, 2.05) is 6.07 Å². The minimum Gasteiger partial charge on any atom is -0.245 e. The zero-order chi connectivity index (χ0) is 7.40. The Balaban J connectivity index is 2.85. The lowest BCUT2D eigenvalue weighted by atomic mass is 10.2. The molecule has 1 aromatic rings. The highest BCUT2D eigenvalue weighted by molar-refractivity contribution is 9.09. The predicted octanol–water partition coefficient (Wildman–Crippen LogP) is 1.88. The van der Waals surface area contributed by atoms with E-state index >= 15 is 0 Å². The van der Waals surface area contributed by atoms with Crippen LogP contribution in [-0.4, -0.2) is 15.3 Å². The molecule has 1 heterocycles. The Morgan fingerprint density at radius 3 is 3.00 bits per heavy atom. The zero-order valence-corrected chi connectivity index (χ0v) is 7.00. The van der Waals surface area contributed by atoms with Crippen molar-refractivity contribution in [2.75, 3.05) is 5.33 Å². The van der Waals surface area contributed by atoms with E-state index < -0.39 is 0 Å². The molecule has 0 bridgehead atoms. The highest BCUT2D eigenvalue weighted by atomic mass is 79.9. The van der Waals surface area contributed by atoms with Gasteiger partial charge in [-0.2, -0.15) is 0 Å². The average Bonchev–Trinajstić information content (AvgIpc) is 2.05. The minimum atomic E-state index is 0.754. The third-order valence-electron chi connectivity index (χ3n) is 1.11. The molecule has 0 saturated heterocycles. The van der Waals surface area contributed by atoms with Crippen molar-refractivity contribution in [3.63, 3.8) is 0 Å². The predicted molar refractivity (Wildman–Crippen MR) is 44.9 cm³/mol. The van der Waals surface area contributed by atoms with Crippen LogP contribution in [0.2, 0.25) is 0 Å². The topological polar surface area (TPSA) is 25.8 Å². The van der Waals surface area contributed by atoms with Gasteiger partial charge in [0.1, 0.15) is 6.33 Å². The summed E-state index contributed by atoms with van der Waals surface area (Å²) >= 11 is 3.29. The van der Waals surface area contributed by atoms with Crippen molar-refractivity contribution >= 4 is 21.5 Å². The Labute approximate surface area is 68.1 Å². The second-order valence-corrected chi connectivity index (χ2v) is 2.39. The molecule has 0 aliphatic carbocycles. The maximum atomic E-state index is 4.01. The molecule has 0 saturated carbocycles. The summed E-state index contributed by atoms with van der Waals surface area (Å²) in [4.78, 5) is 7.80.